The topological polar surface area (TPSA) is 68.3 Å². The maximum Gasteiger partial charge on any atom is 0.181 e. The minimum absolute atomic E-state index is 0.265. The molecule has 0 atom stereocenters. The van der Waals surface area contributed by atoms with E-state index >= 15 is 0 Å². The predicted molar refractivity (Wildman–Crippen MR) is 46.0 cm³/mol. The maximum absolute atomic E-state index is 11.0. The number of hydrogen-bond donors (Lipinski definition) is 0. The van der Waals surface area contributed by atoms with Gasteiger partial charge in [0, 0.05) is 0 Å². The van der Waals surface area contributed by atoms with Crippen LogP contribution in [0.2, 0.25) is 0 Å². The number of unbranched alkanes of at least 4 members (excludes halogenated alkanes) is 1. The van der Waals surface area contributed by atoms with Crippen molar-refractivity contribution >= 4 is 19.7 Å². The molecule has 0 spiro atoms. The van der Waals surface area contributed by atoms with Gasteiger partial charge >= 0.3 is 0 Å². The minimum atomic E-state index is -3.29. The van der Waals surface area contributed by atoms with Gasteiger partial charge in [0.05, 0.1) is 0 Å². The molecule has 1 saturated heterocycles. The van der Waals surface area contributed by atoms with E-state index in [4.69, 9.17) is 0 Å². The smallest absolute Gasteiger partial charge is 0.181 e. The SMILES string of the molecule is CCCCC1S(=O)(=O)CS1(=O)=O. The van der Waals surface area contributed by atoms with Crippen molar-refractivity contribution in [2.45, 2.75) is 30.8 Å². The fourth-order valence-electron chi connectivity index (χ4n) is 1.26. The van der Waals surface area contributed by atoms with E-state index < -0.39 is 29.3 Å². The van der Waals surface area contributed by atoms with Crippen molar-refractivity contribution in [3.63, 3.8) is 0 Å². The Morgan fingerprint density at radius 2 is 1.67 bits per heavy atom. The Kier molecular flexibility index (Phi) is 2.49. The molecule has 72 valence electrons. The molecule has 4 nitrogen and oxygen atoms in total. The van der Waals surface area contributed by atoms with Crippen molar-refractivity contribution in [3.8, 4) is 0 Å². The molecule has 0 amide bonds. The van der Waals surface area contributed by atoms with E-state index in [9.17, 15) is 16.8 Å². The van der Waals surface area contributed by atoms with Crippen LogP contribution in [0, 0.1) is 0 Å². The molecule has 6 heteroatoms. The van der Waals surface area contributed by atoms with Gasteiger partial charge in [-0.15, -0.1) is 0 Å². The number of hydrogen-bond acceptors (Lipinski definition) is 4. The van der Waals surface area contributed by atoms with E-state index in [0.29, 0.717) is 6.42 Å². The second kappa shape index (κ2) is 2.99. The first-order valence-corrected chi connectivity index (χ1v) is 7.26. The van der Waals surface area contributed by atoms with Crippen LogP contribution in [0.5, 0.6) is 0 Å². The molecule has 0 bridgehead atoms. The number of rotatable bonds is 3. The second-order valence-electron chi connectivity index (χ2n) is 3.02. The predicted octanol–water partition coefficient (Wildman–Crippen LogP) is 0.303. The van der Waals surface area contributed by atoms with Crippen LogP contribution in [-0.4, -0.2) is 26.5 Å². The molecule has 0 unspecified atom stereocenters. The molecular formula is C6H12O4S2. The third-order valence-corrected chi connectivity index (χ3v) is 8.38. The zero-order chi connectivity index (χ0) is 9.41. The Bertz CT molecular complexity index is 319. The minimum Gasteiger partial charge on any atom is -0.226 e. The van der Waals surface area contributed by atoms with Gasteiger partial charge in [-0.2, -0.15) is 0 Å². The summed E-state index contributed by atoms with van der Waals surface area (Å²) >= 11 is 0. The van der Waals surface area contributed by atoms with Crippen LogP contribution < -0.4 is 0 Å². The summed E-state index contributed by atoms with van der Waals surface area (Å²) in [5.41, 5.74) is 0. The summed E-state index contributed by atoms with van der Waals surface area (Å²) in [6.45, 7) is 1.90. The van der Waals surface area contributed by atoms with Gasteiger partial charge in [0.1, 0.15) is 0 Å². The van der Waals surface area contributed by atoms with Crippen LogP contribution in [0.3, 0.4) is 0 Å². The largest absolute Gasteiger partial charge is 0.226 e. The van der Waals surface area contributed by atoms with Crippen molar-refractivity contribution in [2.24, 2.45) is 0 Å². The van der Waals surface area contributed by atoms with E-state index in [1.165, 1.54) is 0 Å². The molecule has 1 aliphatic rings. The Morgan fingerprint density at radius 1 is 1.17 bits per heavy atom. The van der Waals surface area contributed by atoms with Gasteiger partial charge in [0.15, 0.2) is 29.3 Å². The zero-order valence-corrected chi connectivity index (χ0v) is 8.49. The Labute approximate surface area is 72.8 Å². The second-order valence-corrected chi connectivity index (χ2v) is 8.05. The zero-order valence-electron chi connectivity index (χ0n) is 6.86. The van der Waals surface area contributed by atoms with Crippen LogP contribution in [0.15, 0.2) is 0 Å². The van der Waals surface area contributed by atoms with Crippen molar-refractivity contribution in [1.29, 1.82) is 0 Å². The normalized spacial score (nSPS) is 26.4. The van der Waals surface area contributed by atoms with Gasteiger partial charge < -0.3 is 0 Å². The van der Waals surface area contributed by atoms with E-state index in [0.717, 1.165) is 6.42 Å². The lowest BCUT2D eigenvalue weighted by molar-refractivity contribution is 0.553. The van der Waals surface area contributed by atoms with Crippen LogP contribution in [-0.2, 0) is 19.7 Å². The Balaban J connectivity index is 2.74. The molecule has 0 aromatic rings. The van der Waals surface area contributed by atoms with Crippen molar-refractivity contribution in [3.05, 3.63) is 0 Å². The van der Waals surface area contributed by atoms with Crippen LogP contribution in [0.25, 0.3) is 0 Å². The highest BCUT2D eigenvalue weighted by Gasteiger charge is 2.50. The summed E-state index contributed by atoms with van der Waals surface area (Å²) in [5, 5.41) is -0.644. The molecule has 0 aromatic carbocycles. The molecule has 1 fully saturated rings. The average molecular weight is 212 g/mol. The standard InChI is InChI=1S/C6H12O4S2/c1-2-3-4-6-11(7,8)5-12(6,9)10/h6H,2-5H2,1H3. The molecule has 0 radical (unpaired) electrons. The molecule has 12 heavy (non-hydrogen) atoms. The van der Waals surface area contributed by atoms with Gasteiger partial charge in [-0.1, -0.05) is 19.8 Å². The summed E-state index contributed by atoms with van der Waals surface area (Å²) in [6.07, 6.45) is 1.74. The molecule has 0 saturated carbocycles. The van der Waals surface area contributed by atoms with E-state index in [1.807, 2.05) is 6.92 Å². The van der Waals surface area contributed by atoms with Gasteiger partial charge in [-0.25, -0.2) is 16.8 Å². The first kappa shape index (κ1) is 9.98. The summed E-state index contributed by atoms with van der Waals surface area (Å²) < 4.78 is 42.7. The van der Waals surface area contributed by atoms with Crippen LogP contribution in [0.4, 0.5) is 0 Å². The lowest BCUT2D eigenvalue weighted by Gasteiger charge is -2.25. The molecule has 1 rings (SSSR count). The number of sulfone groups is 2. The Hall–Kier alpha value is -0.100. The first-order chi connectivity index (χ1) is 5.40. The van der Waals surface area contributed by atoms with E-state index in [1.54, 1.807) is 0 Å². The van der Waals surface area contributed by atoms with Gasteiger partial charge in [-0.3, -0.25) is 0 Å². The Morgan fingerprint density at radius 3 is 2.00 bits per heavy atom. The van der Waals surface area contributed by atoms with Crippen LogP contribution >= 0.6 is 0 Å². The maximum atomic E-state index is 11.0. The highest BCUT2D eigenvalue weighted by atomic mass is 32.3. The molecule has 0 aromatic heterocycles. The lowest BCUT2D eigenvalue weighted by Crippen LogP contribution is -2.47. The molecule has 0 N–H and O–H groups in total. The van der Waals surface area contributed by atoms with Gasteiger partial charge in [0.2, 0.25) is 0 Å². The molecule has 1 aliphatic heterocycles. The third kappa shape index (κ3) is 1.64. The van der Waals surface area contributed by atoms with Crippen molar-refractivity contribution < 1.29 is 16.8 Å². The van der Waals surface area contributed by atoms with Crippen molar-refractivity contribution in [1.82, 2.24) is 0 Å². The quantitative estimate of drug-likeness (QED) is 0.675. The third-order valence-electron chi connectivity index (χ3n) is 1.92. The monoisotopic (exact) mass is 212 g/mol. The summed E-state index contributed by atoms with van der Waals surface area (Å²) in [6, 6.07) is 0. The highest BCUT2D eigenvalue weighted by Crippen LogP contribution is 2.29. The van der Waals surface area contributed by atoms with Gasteiger partial charge in [0.25, 0.3) is 0 Å². The summed E-state index contributed by atoms with van der Waals surface area (Å²) in [7, 11) is -6.58. The molecule has 0 aliphatic carbocycles. The summed E-state index contributed by atoms with van der Waals surface area (Å²) in [4.78, 5) is 0. The van der Waals surface area contributed by atoms with Crippen LogP contribution in [0.1, 0.15) is 26.2 Å². The van der Waals surface area contributed by atoms with Crippen molar-refractivity contribution in [2.75, 3.05) is 5.08 Å². The molecular weight excluding hydrogens is 200 g/mol. The summed E-state index contributed by atoms with van der Waals surface area (Å²) in [5.74, 6) is 0. The highest BCUT2D eigenvalue weighted by molar-refractivity contribution is 8.24. The first-order valence-electron chi connectivity index (χ1n) is 3.83. The fourth-order valence-corrected chi connectivity index (χ4v) is 6.54. The molecule has 1 heterocycles. The fraction of sp³-hybridized carbons (Fsp3) is 1.00. The van der Waals surface area contributed by atoms with E-state index in [2.05, 4.69) is 0 Å². The average Bonchev–Trinajstić information content (AvgIpc) is 1.84. The van der Waals surface area contributed by atoms with Gasteiger partial charge in [-0.05, 0) is 6.42 Å². The lowest BCUT2D eigenvalue weighted by atomic mass is 10.3. The van der Waals surface area contributed by atoms with E-state index in [-0.39, 0.29) is 6.42 Å².